The second-order valence-corrected chi connectivity index (χ2v) is 7.88. The van der Waals surface area contributed by atoms with Crippen molar-refractivity contribution in [1.29, 1.82) is 0 Å². The van der Waals surface area contributed by atoms with Crippen molar-refractivity contribution in [2.24, 2.45) is 0 Å². The Balaban J connectivity index is 2.60. The Kier molecular flexibility index (Phi) is 6.26. The summed E-state index contributed by atoms with van der Waals surface area (Å²) in [7, 11) is -4.21. The van der Waals surface area contributed by atoms with E-state index in [9.17, 15) is 17.6 Å². The summed E-state index contributed by atoms with van der Waals surface area (Å²) in [4.78, 5) is 11.7. The van der Waals surface area contributed by atoms with Crippen molar-refractivity contribution in [3.8, 4) is 0 Å². The maximum Gasteiger partial charge on any atom is 0.326 e. The molecule has 0 atom stereocenters. The molecule has 0 N–H and O–H groups in total. The molecule has 0 fully saturated rings. The molecule has 0 aliphatic carbocycles. The second-order valence-electron chi connectivity index (χ2n) is 5.61. The van der Waals surface area contributed by atoms with E-state index < -0.39 is 28.4 Å². The summed E-state index contributed by atoms with van der Waals surface area (Å²) in [5.74, 6) is -1.37. The van der Waals surface area contributed by atoms with Crippen LogP contribution in [0.25, 0.3) is 0 Å². The summed E-state index contributed by atoms with van der Waals surface area (Å²) in [5, 5.41) is 0.349. The van der Waals surface area contributed by atoms with Crippen molar-refractivity contribution < 1.29 is 22.3 Å². The van der Waals surface area contributed by atoms with Gasteiger partial charge in [-0.25, -0.2) is 12.8 Å². The third-order valence-corrected chi connectivity index (χ3v) is 5.98. The maximum atomic E-state index is 13.9. The number of ether oxygens (including phenoxy) is 1. The fraction of sp³-hybridized carbons (Fsp3) is 0.278. The van der Waals surface area contributed by atoms with Gasteiger partial charge in [0.15, 0.2) is 0 Å². The normalized spacial score (nSPS) is 11.3. The van der Waals surface area contributed by atoms with Gasteiger partial charge in [0.05, 0.1) is 17.2 Å². The minimum Gasteiger partial charge on any atom is -0.465 e. The molecule has 0 saturated carbocycles. The number of aryl methyl sites for hydroxylation is 1. The molecule has 2 aromatic rings. The van der Waals surface area contributed by atoms with Crippen molar-refractivity contribution in [2.45, 2.75) is 25.7 Å². The smallest absolute Gasteiger partial charge is 0.326 e. The predicted molar refractivity (Wildman–Crippen MR) is 98.5 cm³/mol. The van der Waals surface area contributed by atoms with Gasteiger partial charge in [-0.15, -0.1) is 0 Å². The van der Waals surface area contributed by atoms with Gasteiger partial charge in [-0.1, -0.05) is 23.7 Å². The molecule has 26 heavy (non-hydrogen) atoms. The van der Waals surface area contributed by atoms with Crippen LogP contribution < -0.4 is 4.31 Å². The largest absolute Gasteiger partial charge is 0.465 e. The number of rotatable bonds is 6. The third kappa shape index (κ3) is 4.16. The quantitative estimate of drug-likeness (QED) is 0.692. The Labute approximate surface area is 157 Å². The molecule has 140 valence electrons. The molecule has 0 heterocycles. The molecule has 0 bridgehead atoms. The van der Waals surface area contributed by atoms with Crippen LogP contribution in [0.1, 0.15) is 18.1 Å². The van der Waals surface area contributed by atoms with Gasteiger partial charge in [0.1, 0.15) is 12.4 Å². The number of esters is 1. The van der Waals surface area contributed by atoms with E-state index in [0.29, 0.717) is 16.1 Å². The number of anilines is 1. The summed E-state index contributed by atoms with van der Waals surface area (Å²) < 4.78 is 45.9. The van der Waals surface area contributed by atoms with E-state index in [1.807, 2.05) is 0 Å². The van der Waals surface area contributed by atoms with Crippen LogP contribution in [-0.2, 0) is 19.6 Å². The Bertz CT molecular complexity index is 931. The summed E-state index contributed by atoms with van der Waals surface area (Å²) >= 11 is 6.10. The zero-order valence-corrected chi connectivity index (χ0v) is 16.2. The van der Waals surface area contributed by atoms with Gasteiger partial charge in [-0.05, 0) is 56.2 Å². The average molecular weight is 400 g/mol. The lowest BCUT2D eigenvalue weighted by Gasteiger charge is -2.25. The molecule has 0 saturated heterocycles. The van der Waals surface area contributed by atoms with Crippen molar-refractivity contribution >= 4 is 33.3 Å². The average Bonchev–Trinajstić information content (AvgIpc) is 2.58. The van der Waals surface area contributed by atoms with E-state index in [-0.39, 0.29) is 17.2 Å². The number of halogens is 2. The van der Waals surface area contributed by atoms with Gasteiger partial charge in [-0.3, -0.25) is 9.10 Å². The molecular formula is C18H19ClFNO4S. The fourth-order valence-electron chi connectivity index (χ4n) is 2.35. The number of sulfonamides is 1. The number of hydrogen-bond acceptors (Lipinski definition) is 4. The maximum absolute atomic E-state index is 13.9. The van der Waals surface area contributed by atoms with Crippen LogP contribution in [0.2, 0.25) is 5.02 Å². The summed E-state index contributed by atoms with van der Waals surface area (Å²) in [6, 6.07) is 8.32. The lowest BCUT2D eigenvalue weighted by atomic mass is 10.2. The van der Waals surface area contributed by atoms with Crippen LogP contribution >= 0.6 is 11.6 Å². The molecule has 0 aliphatic heterocycles. The minimum absolute atomic E-state index is 0.112. The zero-order valence-electron chi connectivity index (χ0n) is 14.6. The summed E-state index contributed by atoms with van der Waals surface area (Å²) in [6.07, 6.45) is 0. The molecule has 0 aliphatic rings. The zero-order chi connectivity index (χ0) is 19.5. The number of nitrogens with zero attached hydrogens (tertiary/aromatic N) is 1. The molecule has 0 amide bonds. The van der Waals surface area contributed by atoms with Crippen LogP contribution in [0.4, 0.5) is 10.1 Å². The lowest BCUT2D eigenvalue weighted by Crippen LogP contribution is -2.37. The van der Waals surface area contributed by atoms with Crippen molar-refractivity contribution in [2.75, 3.05) is 17.5 Å². The lowest BCUT2D eigenvalue weighted by molar-refractivity contribution is -0.141. The first kappa shape index (κ1) is 20.2. The molecule has 0 radical (unpaired) electrons. The molecule has 0 unspecified atom stereocenters. The van der Waals surface area contributed by atoms with Gasteiger partial charge < -0.3 is 4.74 Å². The highest BCUT2D eigenvalue weighted by atomic mass is 35.5. The fourth-order valence-corrected chi connectivity index (χ4v) is 4.00. The van der Waals surface area contributed by atoms with E-state index >= 15 is 0 Å². The van der Waals surface area contributed by atoms with E-state index in [0.717, 1.165) is 10.4 Å². The molecular weight excluding hydrogens is 381 g/mol. The van der Waals surface area contributed by atoms with Crippen LogP contribution in [-0.4, -0.2) is 27.5 Å². The minimum atomic E-state index is -4.21. The highest BCUT2D eigenvalue weighted by Crippen LogP contribution is 2.31. The second kappa shape index (κ2) is 8.05. The van der Waals surface area contributed by atoms with Crippen molar-refractivity contribution in [3.63, 3.8) is 0 Å². The highest BCUT2D eigenvalue weighted by molar-refractivity contribution is 7.92. The molecule has 8 heteroatoms. The first-order chi connectivity index (χ1) is 12.2. The number of carbonyl (C=O) groups excluding carboxylic acids is 1. The number of benzene rings is 2. The number of carbonyl (C=O) groups is 1. The van der Waals surface area contributed by atoms with Gasteiger partial charge in [0.2, 0.25) is 0 Å². The molecule has 5 nitrogen and oxygen atoms in total. The first-order valence-electron chi connectivity index (χ1n) is 7.88. The van der Waals surface area contributed by atoms with Crippen molar-refractivity contribution in [1.82, 2.24) is 0 Å². The van der Waals surface area contributed by atoms with E-state index in [4.69, 9.17) is 16.3 Å². The Morgan fingerprint density at radius 2 is 1.92 bits per heavy atom. The number of hydrogen-bond donors (Lipinski definition) is 0. The van der Waals surface area contributed by atoms with Gasteiger partial charge in [-0.2, -0.15) is 0 Å². The molecule has 0 aromatic heterocycles. The highest BCUT2D eigenvalue weighted by Gasteiger charge is 2.29. The van der Waals surface area contributed by atoms with Crippen LogP contribution in [0, 0.1) is 19.7 Å². The standard InChI is InChI=1S/C18H19ClFNO4S/c1-4-25-18(22)11-21(17-7-5-6-15(19)13(17)3)26(23,24)14-9-8-12(2)16(20)10-14/h5-10H,4,11H2,1-3H3. The van der Waals surface area contributed by atoms with E-state index in [1.54, 1.807) is 26.0 Å². The summed E-state index contributed by atoms with van der Waals surface area (Å²) in [5.41, 5.74) is 1.03. The van der Waals surface area contributed by atoms with E-state index in [1.165, 1.54) is 25.1 Å². The predicted octanol–water partition coefficient (Wildman–Crippen LogP) is 3.85. The van der Waals surface area contributed by atoms with Crippen molar-refractivity contribution in [3.05, 3.63) is 58.4 Å². The van der Waals surface area contributed by atoms with E-state index in [2.05, 4.69) is 0 Å². The Morgan fingerprint density at radius 1 is 1.23 bits per heavy atom. The van der Waals surface area contributed by atoms with Crippen LogP contribution in [0.5, 0.6) is 0 Å². The topological polar surface area (TPSA) is 63.7 Å². The first-order valence-corrected chi connectivity index (χ1v) is 9.70. The molecule has 2 rings (SSSR count). The molecule has 2 aromatic carbocycles. The Hall–Kier alpha value is -2.12. The summed E-state index contributed by atoms with van der Waals surface area (Å²) in [6.45, 7) is 4.36. The van der Waals surface area contributed by atoms with Gasteiger partial charge >= 0.3 is 5.97 Å². The SMILES string of the molecule is CCOC(=O)CN(c1cccc(Cl)c1C)S(=O)(=O)c1ccc(C)c(F)c1. The van der Waals surface area contributed by atoms with Crippen LogP contribution in [0.3, 0.4) is 0 Å². The van der Waals surface area contributed by atoms with Gasteiger partial charge in [0.25, 0.3) is 10.0 Å². The monoisotopic (exact) mass is 399 g/mol. The molecule has 0 spiro atoms. The third-order valence-electron chi connectivity index (χ3n) is 3.82. The van der Waals surface area contributed by atoms with Crippen LogP contribution in [0.15, 0.2) is 41.3 Å². The van der Waals surface area contributed by atoms with Gasteiger partial charge in [0, 0.05) is 5.02 Å². The Morgan fingerprint density at radius 3 is 2.54 bits per heavy atom.